The summed E-state index contributed by atoms with van der Waals surface area (Å²) >= 11 is 0. The van der Waals surface area contributed by atoms with E-state index in [0.717, 1.165) is 6.42 Å². The minimum absolute atomic E-state index is 0.282. The first kappa shape index (κ1) is 12.9. The Bertz CT molecular complexity index is 222. The second kappa shape index (κ2) is 6.41. The first-order chi connectivity index (χ1) is 6.60. The summed E-state index contributed by atoms with van der Waals surface area (Å²) in [7, 11) is 0. The largest absolute Gasteiger partial charge is 0.354 e. The number of amides is 1. The van der Waals surface area contributed by atoms with Crippen molar-refractivity contribution < 1.29 is 4.79 Å². The third-order valence-electron chi connectivity index (χ3n) is 1.97. The van der Waals surface area contributed by atoms with Gasteiger partial charge in [0.2, 0.25) is 0 Å². The van der Waals surface area contributed by atoms with Crippen molar-refractivity contribution in [2.24, 2.45) is 11.5 Å². The minimum atomic E-state index is -1.20. The molecule has 0 bridgehead atoms. The summed E-state index contributed by atoms with van der Waals surface area (Å²) in [6.07, 6.45) is 7.19. The molecule has 1 amide bonds. The third kappa shape index (κ3) is 3.77. The Morgan fingerprint density at radius 1 is 1.64 bits per heavy atom. The fourth-order valence-corrected chi connectivity index (χ4v) is 1.03. The lowest BCUT2D eigenvalue weighted by atomic mass is 9.94. The molecule has 0 fully saturated rings. The molecule has 0 aliphatic heterocycles. The van der Waals surface area contributed by atoms with Gasteiger partial charge in [0, 0.05) is 6.54 Å². The molecule has 0 aromatic rings. The Labute approximate surface area is 85.4 Å². The van der Waals surface area contributed by atoms with Crippen LogP contribution in [0.15, 0.2) is 0 Å². The monoisotopic (exact) mass is 197 g/mol. The highest BCUT2D eigenvalue weighted by Gasteiger charge is 2.30. The lowest BCUT2D eigenvalue weighted by molar-refractivity contribution is -0.124. The van der Waals surface area contributed by atoms with Crippen LogP contribution >= 0.6 is 0 Å². The van der Waals surface area contributed by atoms with Gasteiger partial charge in [-0.15, -0.1) is 6.42 Å². The van der Waals surface area contributed by atoms with E-state index in [-0.39, 0.29) is 5.91 Å². The third-order valence-corrected chi connectivity index (χ3v) is 1.97. The molecule has 0 aliphatic carbocycles. The van der Waals surface area contributed by atoms with Crippen molar-refractivity contribution in [3.63, 3.8) is 0 Å². The topological polar surface area (TPSA) is 81.1 Å². The van der Waals surface area contributed by atoms with Crippen LogP contribution in [-0.4, -0.2) is 24.5 Å². The molecule has 5 N–H and O–H groups in total. The zero-order chi connectivity index (χ0) is 11.0. The van der Waals surface area contributed by atoms with E-state index in [0.29, 0.717) is 25.9 Å². The van der Waals surface area contributed by atoms with Crippen LogP contribution < -0.4 is 16.8 Å². The molecule has 0 heterocycles. The Morgan fingerprint density at radius 3 is 2.71 bits per heavy atom. The zero-order valence-electron chi connectivity index (χ0n) is 8.68. The number of nitrogens with one attached hydrogen (secondary N) is 1. The molecule has 0 spiro atoms. The van der Waals surface area contributed by atoms with Crippen LogP contribution in [0.1, 0.15) is 26.2 Å². The normalized spacial score (nSPS) is 14.1. The maximum atomic E-state index is 11.5. The van der Waals surface area contributed by atoms with Crippen molar-refractivity contribution >= 4 is 5.91 Å². The van der Waals surface area contributed by atoms with Gasteiger partial charge in [-0.1, -0.05) is 12.8 Å². The summed E-state index contributed by atoms with van der Waals surface area (Å²) in [5.74, 6) is 2.05. The van der Waals surface area contributed by atoms with E-state index in [2.05, 4.69) is 11.2 Å². The van der Waals surface area contributed by atoms with E-state index < -0.39 is 5.54 Å². The van der Waals surface area contributed by atoms with E-state index in [1.165, 1.54) is 0 Å². The van der Waals surface area contributed by atoms with Gasteiger partial charge in [-0.3, -0.25) is 4.79 Å². The summed E-state index contributed by atoms with van der Waals surface area (Å²) in [4.78, 5) is 11.5. The Balaban J connectivity index is 4.22. The van der Waals surface area contributed by atoms with Crippen molar-refractivity contribution in [3.05, 3.63) is 0 Å². The molecule has 14 heavy (non-hydrogen) atoms. The maximum absolute atomic E-state index is 11.5. The average Bonchev–Trinajstić information content (AvgIpc) is 2.22. The zero-order valence-corrected chi connectivity index (χ0v) is 8.68. The van der Waals surface area contributed by atoms with Crippen LogP contribution in [0.4, 0.5) is 0 Å². The van der Waals surface area contributed by atoms with Crippen LogP contribution in [0, 0.1) is 12.3 Å². The highest BCUT2D eigenvalue weighted by molar-refractivity contribution is 5.89. The van der Waals surface area contributed by atoms with Gasteiger partial charge in [0.1, 0.15) is 0 Å². The standard InChI is InChI=1S/C10H19N3O/c1-3-8-13-9(14)10(12,4-2)6-5-7-11/h2H,3,5-8,11-12H2,1H3,(H,13,14). The predicted octanol–water partition coefficient (Wildman–Crippen LogP) is -0.418. The van der Waals surface area contributed by atoms with E-state index >= 15 is 0 Å². The van der Waals surface area contributed by atoms with Crippen LogP contribution in [0.2, 0.25) is 0 Å². The molecule has 4 heteroatoms. The molecule has 0 aromatic heterocycles. The van der Waals surface area contributed by atoms with E-state index in [1.807, 2.05) is 6.92 Å². The maximum Gasteiger partial charge on any atom is 0.252 e. The fourth-order valence-electron chi connectivity index (χ4n) is 1.03. The second-order valence-electron chi connectivity index (χ2n) is 3.26. The number of nitrogens with two attached hydrogens (primary N) is 2. The van der Waals surface area contributed by atoms with Gasteiger partial charge in [0.05, 0.1) is 0 Å². The lowest BCUT2D eigenvalue weighted by Crippen LogP contribution is -2.53. The summed E-state index contributed by atoms with van der Waals surface area (Å²) in [6.45, 7) is 3.05. The Hall–Kier alpha value is -1.05. The summed E-state index contributed by atoms with van der Waals surface area (Å²) in [5.41, 5.74) is 9.90. The molecule has 80 valence electrons. The van der Waals surface area contributed by atoms with Gasteiger partial charge >= 0.3 is 0 Å². The summed E-state index contributed by atoms with van der Waals surface area (Å²) < 4.78 is 0. The number of hydrogen-bond donors (Lipinski definition) is 3. The van der Waals surface area contributed by atoms with Crippen LogP contribution in [0.5, 0.6) is 0 Å². The molecule has 0 aliphatic rings. The van der Waals surface area contributed by atoms with Crippen LogP contribution in [0.3, 0.4) is 0 Å². The summed E-state index contributed by atoms with van der Waals surface area (Å²) in [5, 5.41) is 2.69. The SMILES string of the molecule is C#CC(N)(CCCN)C(=O)NCCC. The molecule has 4 nitrogen and oxygen atoms in total. The molecular formula is C10H19N3O. The smallest absolute Gasteiger partial charge is 0.252 e. The number of terminal acetylenes is 1. The highest BCUT2D eigenvalue weighted by atomic mass is 16.2. The van der Waals surface area contributed by atoms with Gasteiger partial charge in [-0.25, -0.2) is 0 Å². The van der Waals surface area contributed by atoms with E-state index in [9.17, 15) is 4.79 Å². The van der Waals surface area contributed by atoms with E-state index in [1.54, 1.807) is 0 Å². The first-order valence-electron chi connectivity index (χ1n) is 4.85. The fraction of sp³-hybridized carbons (Fsp3) is 0.700. The van der Waals surface area contributed by atoms with Gasteiger partial charge in [-0.05, 0) is 25.8 Å². The molecule has 0 radical (unpaired) electrons. The van der Waals surface area contributed by atoms with Crippen molar-refractivity contribution in [1.29, 1.82) is 0 Å². The molecule has 0 aromatic carbocycles. The second-order valence-corrected chi connectivity index (χ2v) is 3.26. The minimum Gasteiger partial charge on any atom is -0.354 e. The average molecular weight is 197 g/mol. The van der Waals surface area contributed by atoms with E-state index in [4.69, 9.17) is 17.9 Å². The molecule has 1 unspecified atom stereocenters. The first-order valence-corrected chi connectivity index (χ1v) is 4.85. The Kier molecular flexibility index (Phi) is 5.93. The molecule has 0 saturated heterocycles. The Morgan fingerprint density at radius 2 is 2.29 bits per heavy atom. The van der Waals surface area contributed by atoms with Gasteiger partial charge in [-0.2, -0.15) is 0 Å². The number of carbonyl (C=O) groups is 1. The predicted molar refractivity (Wildman–Crippen MR) is 57.3 cm³/mol. The van der Waals surface area contributed by atoms with Crippen molar-refractivity contribution in [3.8, 4) is 12.3 Å². The van der Waals surface area contributed by atoms with Gasteiger partial charge < -0.3 is 16.8 Å². The number of hydrogen-bond acceptors (Lipinski definition) is 3. The molecule has 0 rings (SSSR count). The van der Waals surface area contributed by atoms with Crippen molar-refractivity contribution in [1.82, 2.24) is 5.32 Å². The molecule has 0 saturated carbocycles. The van der Waals surface area contributed by atoms with Crippen molar-refractivity contribution in [2.45, 2.75) is 31.7 Å². The van der Waals surface area contributed by atoms with Gasteiger partial charge in [0.15, 0.2) is 5.54 Å². The molecule has 1 atom stereocenters. The lowest BCUT2D eigenvalue weighted by Gasteiger charge is -2.21. The number of carbonyl (C=O) groups excluding carboxylic acids is 1. The highest BCUT2D eigenvalue weighted by Crippen LogP contribution is 2.08. The quantitative estimate of drug-likeness (QED) is 0.506. The van der Waals surface area contributed by atoms with Gasteiger partial charge in [0.25, 0.3) is 5.91 Å². The van der Waals surface area contributed by atoms with Crippen LogP contribution in [0.25, 0.3) is 0 Å². The van der Waals surface area contributed by atoms with Crippen molar-refractivity contribution in [2.75, 3.05) is 13.1 Å². The van der Waals surface area contributed by atoms with Crippen LogP contribution in [-0.2, 0) is 4.79 Å². The molecular weight excluding hydrogens is 178 g/mol. The summed E-state index contributed by atoms with van der Waals surface area (Å²) in [6, 6.07) is 0. The number of rotatable bonds is 6.